The summed E-state index contributed by atoms with van der Waals surface area (Å²) >= 11 is 13.3. The molecule has 0 aliphatic heterocycles. The molecule has 0 spiro atoms. The minimum atomic E-state index is -0.247. The quantitative estimate of drug-likeness (QED) is 0.237. The van der Waals surface area contributed by atoms with Gasteiger partial charge < -0.3 is 9.40 Å². The first kappa shape index (κ1) is 19.6. The van der Waals surface area contributed by atoms with Crippen LogP contribution in [0.3, 0.4) is 0 Å². The Kier molecular flexibility index (Phi) is 5.89. The van der Waals surface area contributed by atoms with Crippen LogP contribution in [0.15, 0.2) is 69.3 Å². The first-order valence-corrected chi connectivity index (χ1v) is 10.3. The number of nitrogens with one attached hydrogen (secondary N) is 2. The van der Waals surface area contributed by atoms with Crippen molar-refractivity contribution in [3.63, 3.8) is 0 Å². The average Bonchev–Trinajstić information content (AvgIpc) is 3.35. The molecule has 4 rings (SSSR count). The molecule has 29 heavy (non-hydrogen) atoms. The molecule has 0 atom stereocenters. The van der Waals surface area contributed by atoms with Gasteiger partial charge in [0, 0.05) is 5.56 Å². The van der Waals surface area contributed by atoms with Gasteiger partial charge in [0.05, 0.1) is 33.0 Å². The summed E-state index contributed by atoms with van der Waals surface area (Å²) in [5.41, 5.74) is 5.07. The number of H-pyrrole nitrogens is 1. The fourth-order valence-electron chi connectivity index (χ4n) is 2.56. The lowest BCUT2D eigenvalue weighted by Crippen LogP contribution is -2.19. The highest BCUT2D eigenvalue weighted by atomic mass is 35.5. The molecule has 2 aromatic carbocycles. The molecule has 0 saturated carbocycles. The number of aromatic amines is 1. The Bertz CT molecular complexity index is 1170. The summed E-state index contributed by atoms with van der Waals surface area (Å²) in [7, 11) is 0. The summed E-state index contributed by atoms with van der Waals surface area (Å²) in [6.07, 6.45) is 1.44. The molecule has 2 aromatic heterocycles. The van der Waals surface area contributed by atoms with Gasteiger partial charge in [0.25, 0.3) is 5.91 Å². The van der Waals surface area contributed by atoms with Gasteiger partial charge in [-0.1, -0.05) is 47.1 Å². The van der Waals surface area contributed by atoms with E-state index in [1.165, 1.54) is 18.0 Å². The summed E-state index contributed by atoms with van der Waals surface area (Å²) in [5, 5.41) is 5.54. The highest BCUT2D eigenvalue weighted by molar-refractivity contribution is 7.99. The number of thioether (sulfide) groups is 1. The third-order valence-corrected chi connectivity index (χ3v) is 5.53. The number of hydrogen-bond acceptors (Lipinski definition) is 5. The number of hydrogen-bond donors (Lipinski definition) is 2. The summed E-state index contributed by atoms with van der Waals surface area (Å²) in [6.45, 7) is 0. The first-order valence-electron chi connectivity index (χ1n) is 8.53. The van der Waals surface area contributed by atoms with Crippen LogP contribution in [-0.2, 0) is 4.79 Å². The van der Waals surface area contributed by atoms with Crippen LogP contribution in [0.5, 0.6) is 0 Å². The number of hydrazone groups is 1. The summed E-state index contributed by atoms with van der Waals surface area (Å²) in [5.74, 6) is 1.06. The summed E-state index contributed by atoms with van der Waals surface area (Å²) in [6, 6.07) is 16.5. The number of amides is 1. The minimum Gasteiger partial charge on any atom is -0.455 e. The number of imidazole rings is 1. The van der Waals surface area contributed by atoms with Crippen molar-refractivity contribution in [2.45, 2.75) is 5.16 Å². The molecule has 9 heteroatoms. The van der Waals surface area contributed by atoms with E-state index < -0.39 is 0 Å². The second kappa shape index (κ2) is 8.73. The van der Waals surface area contributed by atoms with Crippen molar-refractivity contribution in [3.8, 4) is 11.3 Å². The molecule has 0 radical (unpaired) electrons. The van der Waals surface area contributed by atoms with Gasteiger partial charge in [-0.05, 0) is 42.5 Å². The van der Waals surface area contributed by atoms with E-state index in [0.717, 1.165) is 16.6 Å². The summed E-state index contributed by atoms with van der Waals surface area (Å²) < 4.78 is 5.69. The van der Waals surface area contributed by atoms with Gasteiger partial charge in [-0.15, -0.1) is 0 Å². The Labute approximate surface area is 180 Å². The molecule has 6 nitrogen and oxygen atoms in total. The third-order valence-electron chi connectivity index (χ3n) is 3.92. The van der Waals surface area contributed by atoms with E-state index in [1.54, 1.807) is 24.3 Å². The van der Waals surface area contributed by atoms with Crippen LogP contribution in [-0.4, -0.2) is 27.8 Å². The summed E-state index contributed by atoms with van der Waals surface area (Å²) in [4.78, 5) is 19.5. The van der Waals surface area contributed by atoms with Crippen molar-refractivity contribution < 1.29 is 9.21 Å². The molecule has 0 aliphatic rings. The van der Waals surface area contributed by atoms with E-state index in [2.05, 4.69) is 20.5 Å². The van der Waals surface area contributed by atoms with Gasteiger partial charge in [0.15, 0.2) is 5.16 Å². The number of rotatable bonds is 6. The zero-order valence-corrected chi connectivity index (χ0v) is 17.2. The monoisotopic (exact) mass is 444 g/mol. The molecule has 2 N–H and O–H groups in total. The van der Waals surface area contributed by atoms with Crippen LogP contribution in [0.25, 0.3) is 22.4 Å². The average molecular weight is 445 g/mol. The number of carbonyl (C=O) groups is 1. The molecule has 0 saturated heterocycles. The lowest BCUT2D eigenvalue weighted by atomic mass is 10.2. The van der Waals surface area contributed by atoms with Crippen LogP contribution in [0.4, 0.5) is 0 Å². The maximum absolute atomic E-state index is 12.0. The molecular formula is C20H14Cl2N4O2S. The molecule has 146 valence electrons. The van der Waals surface area contributed by atoms with E-state index in [4.69, 9.17) is 27.6 Å². The maximum atomic E-state index is 12.0. The predicted molar refractivity (Wildman–Crippen MR) is 117 cm³/mol. The van der Waals surface area contributed by atoms with Crippen molar-refractivity contribution in [2.24, 2.45) is 5.10 Å². The fraction of sp³-hybridized carbons (Fsp3) is 0.0500. The lowest BCUT2D eigenvalue weighted by Gasteiger charge is -1.99. The van der Waals surface area contributed by atoms with Crippen LogP contribution < -0.4 is 5.43 Å². The van der Waals surface area contributed by atoms with Crippen molar-refractivity contribution >= 4 is 58.1 Å². The Morgan fingerprint density at radius 1 is 1.17 bits per heavy atom. The molecule has 0 unspecified atom stereocenters. The van der Waals surface area contributed by atoms with E-state index >= 15 is 0 Å². The molecule has 0 aliphatic carbocycles. The zero-order valence-electron chi connectivity index (χ0n) is 14.9. The number of benzene rings is 2. The van der Waals surface area contributed by atoms with Gasteiger partial charge in [0.2, 0.25) is 0 Å². The van der Waals surface area contributed by atoms with Crippen LogP contribution in [0, 0.1) is 0 Å². The largest absolute Gasteiger partial charge is 0.455 e. The SMILES string of the molecule is O=C(CSc1nc2ccccc2[nH]1)N/N=C\c1ccc(-c2ccc(Cl)c(Cl)c2)o1. The fourth-order valence-corrected chi connectivity index (χ4v) is 3.53. The number of para-hydroxylation sites is 2. The molecule has 0 fully saturated rings. The lowest BCUT2D eigenvalue weighted by molar-refractivity contribution is -0.118. The van der Waals surface area contributed by atoms with Crippen molar-refractivity contribution in [1.82, 2.24) is 15.4 Å². The van der Waals surface area contributed by atoms with Gasteiger partial charge >= 0.3 is 0 Å². The second-order valence-corrected chi connectivity index (χ2v) is 7.75. The Balaban J connectivity index is 1.31. The van der Waals surface area contributed by atoms with Gasteiger partial charge in [-0.25, -0.2) is 10.4 Å². The number of carbonyl (C=O) groups excluding carboxylic acids is 1. The van der Waals surface area contributed by atoms with Crippen molar-refractivity contribution in [2.75, 3.05) is 5.75 Å². The van der Waals surface area contributed by atoms with Crippen molar-refractivity contribution in [3.05, 3.63) is 70.4 Å². The number of furan rings is 1. The van der Waals surface area contributed by atoms with E-state index in [0.29, 0.717) is 26.7 Å². The van der Waals surface area contributed by atoms with E-state index in [1.807, 2.05) is 30.3 Å². The highest BCUT2D eigenvalue weighted by Gasteiger charge is 2.08. The minimum absolute atomic E-state index is 0.184. The highest BCUT2D eigenvalue weighted by Crippen LogP contribution is 2.29. The second-order valence-electron chi connectivity index (χ2n) is 5.97. The van der Waals surface area contributed by atoms with Gasteiger partial charge in [-0.3, -0.25) is 4.79 Å². The molecule has 0 bridgehead atoms. The van der Waals surface area contributed by atoms with E-state index in [9.17, 15) is 4.79 Å². The number of nitrogens with zero attached hydrogens (tertiary/aromatic N) is 2. The number of halogens is 2. The van der Waals surface area contributed by atoms with Crippen LogP contribution >= 0.6 is 35.0 Å². The normalized spacial score (nSPS) is 11.4. The van der Waals surface area contributed by atoms with Crippen molar-refractivity contribution in [1.29, 1.82) is 0 Å². The smallest absolute Gasteiger partial charge is 0.250 e. The molecule has 2 heterocycles. The number of fused-ring (bicyclic) bond motifs is 1. The van der Waals surface area contributed by atoms with E-state index in [-0.39, 0.29) is 11.7 Å². The Hall–Kier alpha value is -2.74. The third kappa shape index (κ3) is 4.82. The van der Waals surface area contributed by atoms with Gasteiger partial charge in [-0.2, -0.15) is 5.10 Å². The van der Waals surface area contributed by atoms with Crippen LogP contribution in [0.1, 0.15) is 5.76 Å². The van der Waals surface area contributed by atoms with Gasteiger partial charge in [0.1, 0.15) is 11.5 Å². The molecule has 1 amide bonds. The number of aromatic nitrogens is 2. The topological polar surface area (TPSA) is 83.3 Å². The first-order chi connectivity index (χ1) is 14.1. The molecule has 4 aromatic rings. The Morgan fingerprint density at radius 3 is 2.86 bits per heavy atom. The Morgan fingerprint density at radius 2 is 2.03 bits per heavy atom. The molecular weight excluding hydrogens is 431 g/mol. The maximum Gasteiger partial charge on any atom is 0.250 e. The zero-order chi connectivity index (χ0) is 20.2. The predicted octanol–water partition coefficient (Wildman–Crippen LogP) is 5.37. The van der Waals surface area contributed by atoms with Crippen LogP contribution in [0.2, 0.25) is 10.0 Å². The standard InChI is InChI=1S/C20H14Cl2N4O2S/c21-14-7-5-12(9-15(14)22)18-8-6-13(28-18)10-23-26-19(27)11-29-20-24-16-3-1-2-4-17(16)25-20/h1-10H,11H2,(H,24,25)(H,26,27)/b23-10-.